The summed E-state index contributed by atoms with van der Waals surface area (Å²) in [6.07, 6.45) is 3.85. The highest BCUT2D eigenvalue weighted by Gasteiger charge is 2.08. The van der Waals surface area contributed by atoms with E-state index < -0.39 is 0 Å². The maximum Gasteiger partial charge on any atom is 0.153 e. The number of aromatic nitrogens is 4. The molecular weight excluding hydrogens is 250 g/mol. The second kappa shape index (κ2) is 4.18. The van der Waals surface area contributed by atoms with Crippen molar-refractivity contribution in [2.75, 3.05) is 0 Å². The van der Waals surface area contributed by atoms with Crippen LogP contribution in [0.3, 0.4) is 0 Å². The van der Waals surface area contributed by atoms with Crippen LogP contribution in [0, 0.1) is 0 Å². The van der Waals surface area contributed by atoms with Gasteiger partial charge in [-0.15, -0.1) is 0 Å². The second-order valence-corrected chi connectivity index (χ2v) is 4.71. The molecule has 5 nitrogen and oxygen atoms in total. The van der Waals surface area contributed by atoms with Gasteiger partial charge >= 0.3 is 0 Å². The normalized spacial score (nSPS) is 11.4. The van der Waals surface area contributed by atoms with Crippen molar-refractivity contribution in [1.82, 2.24) is 19.6 Å². The number of nitrogens with one attached hydrogen (secondary N) is 1. The van der Waals surface area contributed by atoms with Gasteiger partial charge in [-0.2, -0.15) is 5.10 Å². The number of fused-ring (bicyclic) bond motifs is 2. The minimum atomic E-state index is 0.422. The van der Waals surface area contributed by atoms with Crippen molar-refractivity contribution >= 4 is 16.6 Å². The highest BCUT2D eigenvalue weighted by molar-refractivity contribution is 5.94. The molecule has 0 atom stereocenters. The van der Waals surface area contributed by atoms with Crippen molar-refractivity contribution < 1.29 is 0 Å². The van der Waals surface area contributed by atoms with E-state index in [9.17, 15) is 0 Å². The van der Waals surface area contributed by atoms with Gasteiger partial charge in [0.2, 0.25) is 0 Å². The quantitative estimate of drug-likeness (QED) is 0.583. The maximum absolute atomic E-state index is 5.61. The minimum absolute atomic E-state index is 0.422. The van der Waals surface area contributed by atoms with Gasteiger partial charge in [0.15, 0.2) is 5.65 Å². The van der Waals surface area contributed by atoms with Crippen LogP contribution in [0.2, 0.25) is 0 Å². The van der Waals surface area contributed by atoms with Crippen LogP contribution in [0.5, 0.6) is 0 Å². The maximum atomic E-state index is 5.61. The zero-order chi connectivity index (χ0) is 13.5. The van der Waals surface area contributed by atoms with Gasteiger partial charge in [-0.1, -0.05) is 18.2 Å². The van der Waals surface area contributed by atoms with Crippen LogP contribution < -0.4 is 5.73 Å². The second-order valence-electron chi connectivity index (χ2n) is 4.71. The summed E-state index contributed by atoms with van der Waals surface area (Å²) < 4.78 is 1.78. The fourth-order valence-electron chi connectivity index (χ4n) is 2.46. The van der Waals surface area contributed by atoms with Gasteiger partial charge in [0.25, 0.3) is 0 Å². The van der Waals surface area contributed by atoms with Crippen molar-refractivity contribution in [3.05, 3.63) is 54.5 Å². The van der Waals surface area contributed by atoms with E-state index in [4.69, 9.17) is 5.73 Å². The Morgan fingerprint density at radius 2 is 2.05 bits per heavy atom. The Bertz CT molecular complexity index is 903. The number of rotatable bonds is 2. The Kier molecular flexibility index (Phi) is 2.34. The standard InChI is InChI=1S/C15H13N5/c16-7-10-9-20-15(18-10)6-5-14(19-20)12-8-17-13-4-2-1-3-11(12)13/h1-6,8-9,17H,7,16H2. The zero-order valence-electron chi connectivity index (χ0n) is 10.7. The Balaban J connectivity index is 1.93. The third-order valence-electron chi connectivity index (χ3n) is 3.44. The molecule has 1 aromatic carbocycles. The van der Waals surface area contributed by atoms with Crippen molar-refractivity contribution in [2.45, 2.75) is 6.54 Å². The molecule has 0 aliphatic carbocycles. The first-order valence-electron chi connectivity index (χ1n) is 6.47. The summed E-state index contributed by atoms with van der Waals surface area (Å²) in [6, 6.07) is 12.1. The fraction of sp³-hybridized carbons (Fsp3) is 0.0667. The Hall–Kier alpha value is -2.66. The molecule has 4 rings (SSSR count). The molecule has 3 N–H and O–H groups in total. The van der Waals surface area contributed by atoms with Gasteiger partial charge in [0.05, 0.1) is 17.6 Å². The molecule has 0 radical (unpaired) electrons. The topological polar surface area (TPSA) is 72.0 Å². The first kappa shape index (κ1) is 11.2. The number of hydrogen-bond acceptors (Lipinski definition) is 3. The van der Waals surface area contributed by atoms with E-state index in [1.54, 1.807) is 4.52 Å². The molecule has 4 aromatic rings. The molecule has 5 heteroatoms. The van der Waals surface area contributed by atoms with Crippen molar-refractivity contribution in [1.29, 1.82) is 0 Å². The van der Waals surface area contributed by atoms with Gasteiger partial charge < -0.3 is 10.7 Å². The molecule has 0 spiro atoms. The van der Waals surface area contributed by atoms with Crippen molar-refractivity contribution in [2.24, 2.45) is 5.73 Å². The molecular formula is C15H13N5. The van der Waals surface area contributed by atoms with Gasteiger partial charge in [-0.25, -0.2) is 9.50 Å². The molecule has 98 valence electrons. The third kappa shape index (κ3) is 1.60. The molecule has 0 amide bonds. The number of nitrogens with zero attached hydrogens (tertiary/aromatic N) is 3. The predicted octanol–water partition coefficient (Wildman–Crippen LogP) is 2.34. The van der Waals surface area contributed by atoms with Crippen LogP contribution in [-0.2, 0) is 6.54 Å². The Morgan fingerprint density at radius 3 is 2.95 bits per heavy atom. The van der Waals surface area contributed by atoms with E-state index >= 15 is 0 Å². The summed E-state index contributed by atoms with van der Waals surface area (Å²) in [4.78, 5) is 7.65. The van der Waals surface area contributed by atoms with Crippen LogP contribution >= 0.6 is 0 Å². The molecule has 0 saturated heterocycles. The number of imidazole rings is 1. The fourth-order valence-corrected chi connectivity index (χ4v) is 2.46. The lowest BCUT2D eigenvalue weighted by atomic mass is 10.1. The summed E-state index contributed by atoms with van der Waals surface area (Å²) in [5.41, 5.74) is 10.4. The number of aromatic amines is 1. The van der Waals surface area contributed by atoms with Gasteiger partial charge in [-0.05, 0) is 18.2 Å². The number of benzene rings is 1. The van der Waals surface area contributed by atoms with E-state index in [2.05, 4.69) is 27.2 Å². The van der Waals surface area contributed by atoms with Crippen molar-refractivity contribution in [3.8, 4) is 11.3 Å². The monoisotopic (exact) mass is 263 g/mol. The van der Waals surface area contributed by atoms with Gasteiger partial charge in [0.1, 0.15) is 0 Å². The predicted molar refractivity (Wildman–Crippen MR) is 78.2 cm³/mol. The number of para-hydroxylation sites is 1. The highest BCUT2D eigenvalue weighted by Crippen LogP contribution is 2.26. The van der Waals surface area contributed by atoms with E-state index in [1.807, 2.05) is 36.7 Å². The molecule has 0 fully saturated rings. The summed E-state index contributed by atoms with van der Waals surface area (Å²) in [6.45, 7) is 0.422. The van der Waals surface area contributed by atoms with Crippen LogP contribution in [-0.4, -0.2) is 19.6 Å². The molecule has 20 heavy (non-hydrogen) atoms. The van der Waals surface area contributed by atoms with E-state index in [0.29, 0.717) is 6.54 Å². The summed E-state index contributed by atoms with van der Waals surface area (Å²) in [5, 5.41) is 5.78. The minimum Gasteiger partial charge on any atom is -0.360 e. The molecule has 0 bridgehead atoms. The molecule has 3 aromatic heterocycles. The molecule has 0 aliphatic heterocycles. The summed E-state index contributed by atoms with van der Waals surface area (Å²) in [7, 11) is 0. The number of hydrogen-bond donors (Lipinski definition) is 2. The van der Waals surface area contributed by atoms with Crippen molar-refractivity contribution in [3.63, 3.8) is 0 Å². The summed E-state index contributed by atoms with van der Waals surface area (Å²) in [5.74, 6) is 0. The van der Waals surface area contributed by atoms with Gasteiger partial charge in [0, 0.05) is 29.2 Å². The first-order valence-corrected chi connectivity index (χ1v) is 6.47. The average Bonchev–Trinajstić information content (AvgIpc) is 3.09. The molecule has 0 unspecified atom stereocenters. The van der Waals surface area contributed by atoms with E-state index in [-0.39, 0.29) is 0 Å². The van der Waals surface area contributed by atoms with Crippen LogP contribution in [0.1, 0.15) is 5.69 Å². The zero-order valence-corrected chi connectivity index (χ0v) is 10.7. The molecule has 0 saturated carbocycles. The SMILES string of the molecule is NCc1cn2nc(-c3c[nH]c4ccccc34)ccc2n1. The van der Waals surface area contributed by atoms with Crippen LogP contribution in [0.15, 0.2) is 48.8 Å². The first-order chi connectivity index (χ1) is 9.85. The number of nitrogens with two attached hydrogens (primary N) is 1. The Labute approximate surface area is 115 Å². The average molecular weight is 263 g/mol. The smallest absolute Gasteiger partial charge is 0.153 e. The largest absolute Gasteiger partial charge is 0.360 e. The van der Waals surface area contributed by atoms with E-state index in [0.717, 1.165) is 28.1 Å². The van der Waals surface area contributed by atoms with Gasteiger partial charge in [-0.3, -0.25) is 0 Å². The van der Waals surface area contributed by atoms with Crippen LogP contribution in [0.25, 0.3) is 27.8 Å². The lowest BCUT2D eigenvalue weighted by Crippen LogP contribution is -1.95. The Morgan fingerprint density at radius 1 is 1.15 bits per heavy atom. The van der Waals surface area contributed by atoms with E-state index in [1.165, 1.54) is 5.39 Å². The molecule has 0 aliphatic rings. The highest BCUT2D eigenvalue weighted by atomic mass is 15.2. The van der Waals surface area contributed by atoms with Crippen LogP contribution in [0.4, 0.5) is 0 Å². The third-order valence-corrected chi connectivity index (χ3v) is 3.44. The lowest BCUT2D eigenvalue weighted by molar-refractivity contribution is 0.935. The lowest BCUT2D eigenvalue weighted by Gasteiger charge is -1.99. The molecule has 3 heterocycles. The summed E-state index contributed by atoms with van der Waals surface area (Å²) >= 11 is 0. The number of H-pyrrole nitrogens is 1.